The van der Waals surface area contributed by atoms with Gasteiger partial charge in [0.05, 0.1) is 6.61 Å². The third kappa shape index (κ3) is 3.74. The molecule has 1 amide bonds. The fourth-order valence-electron chi connectivity index (χ4n) is 2.16. The van der Waals surface area contributed by atoms with Crippen LogP contribution in [0.1, 0.15) is 35.9 Å². The van der Waals surface area contributed by atoms with Crippen LogP contribution in [0.2, 0.25) is 0 Å². The van der Waals surface area contributed by atoms with Crippen LogP contribution in [0.25, 0.3) is 0 Å². The van der Waals surface area contributed by atoms with Gasteiger partial charge in [0.25, 0.3) is 5.91 Å². The SMILES string of the molecule is COCc1ccccc1NC(=O)c1cc(Br)cn1C(C)C. The zero-order valence-electron chi connectivity index (χ0n) is 12.4. The van der Waals surface area contributed by atoms with E-state index in [0.717, 1.165) is 15.7 Å². The van der Waals surface area contributed by atoms with Gasteiger partial charge in [-0.2, -0.15) is 0 Å². The molecule has 0 atom stereocenters. The fourth-order valence-corrected chi connectivity index (χ4v) is 2.60. The first-order valence-electron chi connectivity index (χ1n) is 6.78. The predicted molar refractivity (Wildman–Crippen MR) is 87.6 cm³/mol. The molecule has 0 unspecified atom stereocenters. The van der Waals surface area contributed by atoms with Crippen molar-refractivity contribution in [2.45, 2.75) is 26.5 Å². The highest BCUT2D eigenvalue weighted by atomic mass is 79.9. The maximum atomic E-state index is 12.5. The van der Waals surface area contributed by atoms with Crippen LogP contribution >= 0.6 is 15.9 Å². The second-order valence-electron chi connectivity index (χ2n) is 5.09. The highest BCUT2D eigenvalue weighted by molar-refractivity contribution is 9.10. The molecule has 4 nitrogen and oxygen atoms in total. The molecule has 1 aromatic carbocycles. The molecule has 5 heteroatoms. The lowest BCUT2D eigenvalue weighted by molar-refractivity contribution is 0.101. The molecule has 0 spiro atoms. The van der Waals surface area contributed by atoms with Gasteiger partial charge in [-0.05, 0) is 41.9 Å². The van der Waals surface area contributed by atoms with Crippen molar-refractivity contribution in [3.05, 3.63) is 52.3 Å². The summed E-state index contributed by atoms with van der Waals surface area (Å²) in [5.74, 6) is -0.127. The predicted octanol–water partition coefficient (Wildman–Crippen LogP) is 4.23. The van der Waals surface area contributed by atoms with Crippen molar-refractivity contribution < 1.29 is 9.53 Å². The largest absolute Gasteiger partial charge is 0.380 e. The van der Waals surface area contributed by atoms with Gasteiger partial charge >= 0.3 is 0 Å². The maximum absolute atomic E-state index is 12.5. The molecule has 0 aliphatic heterocycles. The van der Waals surface area contributed by atoms with E-state index >= 15 is 0 Å². The van der Waals surface area contributed by atoms with Gasteiger partial charge in [-0.15, -0.1) is 0 Å². The lowest BCUT2D eigenvalue weighted by atomic mass is 10.2. The second kappa shape index (κ2) is 6.91. The lowest BCUT2D eigenvalue weighted by Crippen LogP contribution is -2.18. The number of nitrogens with one attached hydrogen (secondary N) is 1. The van der Waals surface area contributed by atoms with Gasteiger partial charge in [0.2, 0.25) is 0 Å². The Kier molecular flexibility index (Phi) is 5.20. The maximum Gasteiger partial charge on any atom is 0.272 e. The summed E-state index contributed by atoms with van der Waals surface area (Å²) in [5, 5.41) is 2.96. The second-order valence-corrected chi connectivity index (χ2v) is 6.00. The summed E-state index contributed by atoms with van der Waals surface area (Å²) in [6, 6.07) is 9.68. The molecular formula is C16H19BrN2O2. The molecule has 0 bridgehead atoms. The number of carbonyl (C=O) groups excluding carboxylic acids is 1. The Morgan fingerprint density at radius 2 is 2.10 bits per heavy atom. The van der Waals surface area contributed by atoms with Gasteiger partial charge in [-0.3, -0.25) is 4.79 Å². The number of ether oxygens (including phenoxy) is 1. The summed E-state index contributed by atoms with van der Waals surface area (Å²) in [7, 11) is 1.64. The van der Waals surface area contributed by atoms with E-state index in [4.69, 9.17) is 4.74 Å². The Balaban J connectivity index is 2.26. The number of para-hydroxylation sites is 1. The summed E-state index contributed by atoms with van der Waals surface area (Å²) >= 11 is 3.42. The van der Waals surface area contributed by atoms with Gasteiger partial charge in [-0.25, -0.2) is 0 Å². The zero-order valence-corrected chi connectivity index (χ0v) is 14.0. The first-order chi connectivity index (χ1) is 10.0. The minimum absolute atomic E-state index is 0.127. The van der Waals surface area contributed by atoms with Crippen LogP contribution in [0, 0.1) is 0 Å². The average molecular weight is 351 g/mol. The minimum Gasteiger partial charge on any atom is -0.380 e. The molecule has 21 heavy (non-hydrogen) atoms. The van der Waals surface area contributed by atoms with Crippen molar-refractivity contribution in [2.24, 2.45) is 0 Å². The van der Waals surface area contributed by atoms with Gasteiger partial charge in [-0.1, -0.05) is 18.2 Å². The highest BCUT2D eigenvalue weighted by Crippen LogP contribution is 2.22. The van der Waals surface area contributed by atoms with Crippen molar-refractivity contribution in [3.8, 4) is 0 Å². The Labute approximate surface area is 133 Å². The van der Waals surface area contributed by atoms with Crippen LogP contribution in [0.4, 0.5) is 5.69 Å². The number of nitrogens with zero attached hydrogens (tertiary/aromatic N) is 1. The van der Waals surface area contributed by atoms with Crippen molar-refractivity contribution in [1.29, 1.82) is 0 Å². The minimum atomic E-state index is -0.127. The van der Waals surface area contributed by atoms with Crippen LogP contribution in [0.3, 0.4) is 0 Å². The summed E-state index contributed by atoms with van der Waals surface area (Å²) in [6.07, 6.45) is 1.92. The molecule has 2 aromatic rings. The molecule has 0 saturated heterocycles. The summed E-state index contributed by atoms with van der Waals surface area (Å²) in [4.78, 5) is 12.5. The zero-order chi connectivity index (χ0) is 15.4. The van der Waals surface area contributed by atoms with Gasteiger partial charge < -0.3 is 14.6 Å². The third-order valence-electron chi connectivity index (χ3n) is 3.17. The molecule has 0 aliphatic rings. The van der Waals surface area contributed by atoms with E-state index in [1.54, 1.807) is 7.11 Å². The number of hydrogen-bond donors (Lipinski definition) is 1. The van der Waals surface area contributed by atoms with E-state index in [1.165, 1.54) is 0 Å². The number of hydrogen-bond acceptors (Lipinski definition) is 2. The monoisotopic (exact) mass is 350 g/mol. The number of halogens is 1. The Morgan fingerprint density at radius 1 is 1.38 bits per heavy atom. The average Bonchev–Trinajstić information content (AvgIpc) is 2.84. The smallest absolute Gasteiger partial charge is 0.272 e. The molecular weight excluding hydrogens is 332 g/mol. The van der Waals surface area contributed by atoms with E-state index in [1.807, 2.05) is 54.9 Å². The number of aromatic nitrogens is 1. The number of amides is 1. The first-order valence-corrected chi connectivity index (χ1v) is 7.57. The van der Waals surface area contributed by atoms with E-state index in [9.17, 15) is 4.79 Å². The van der Waals surface area contributed by atoms with Crippen LogP contribution in [-0.4, -0.2) is 17.6 Å². The molecule has 1 aromatic heterocycles. The highest BCUT2D eigenvalue weighted by Gasteiger charge is 2.16. The van der Waals surface area contributed by atoms with Gasteiger partial charge in [0, 0.05) is 35.1 Å². The number of methoxy groups -OCH3 is 1. The summed E-state index contributed by atoms with van der Waals surface area (Å²) in [5.41, 5.74) is 2.36. The van der Waals surface area contributed by atoms with E-state index in [0.29, 0.717) is 12.3 Å². The molecule has 2 rings (SSSR count). The summed E-state index contributed by atoms with van der Waals surface area (Å²) in [6.45, 7) is 4.55. The van der Waals surface area contributed by atoms with Crippen LogP contribution < -0.4 is 5.32 Å². The van der Waals surface area contributed by atoms with E-state index in [-0.39, 0.29) is 11.9 Å². The number of anilines is 1. The molecule has 0 radical (unpaired) electrons. The van der Waals surface area contributed by atoms with Crippen LogP contribution in [0.15, 0.2) is 41.0 Å². The van der Waals surface area contributed by atoms with E-state index in [2.05, 4.69) is 21.2 Å². The molecule has 1 heterocycles. The molecule has 0 aliphatic carbocycles. The molecule has 112 valence electrons. The standard InChI is InChI=1S/C16H19BrN2O2/c1-11(2)19-9-13(17)8-15(19)16(20)18-14-7-5-4-6-12(14)10-21-3/h4-9,11H,10H2,1-3H3,(H,18,20). The van der Waals surface area contributed by atoms with Crippen LogP contribution in [-0.2, 0) is 11.3 Å². The van der Waals surface area contributed by atoms with Gasteiger partial charge in [0.1, 0.15) is 5.69 Å². The number of carbonyl (C=O) groups is 1. The Hall–Kier alpha value is -1.59. The van der Waals surface area contributed by atoms with Crippen molar-refractivity contribution in [3.63, 3.8) is 0 Å². The van der Waals surface area contributed by atoms with Crippen molar-refractivity contribution in [2.75, 3.05) is 12.4 Å². The van der Waals surface area contributed by atoms with Crippen LogP contribution in [0.5, 0.6) is 0 Å². The quantitative estimate of drug-likeness (QED) is 0.876. The Bertz CT molecular complexity index is 635. The van der Waals surface area contributed by atoms with Gasteiger partial charge in [0.15, 0.2) is 0 Å². The molecule has 0 fully saturated rings. The number of benzene rings is 1. The number of rotatable bonds is 5. The van der Waals surface area contributed by atoms with Crippen molar-refractivity contribution in [1.82, 2.24) is 4.57 Å². The third-order valence-corrected chi connectivity index (χ3v) is 3.60. The van der Waals surface area contributed by atoms with Crippen molar-refractivity contribution >= 4 is 27.5 Å². The normalized spacial score (nSPS) is 10.9. The topological polar surface area (TPSA) is 43.3 Å². The summed E-state index contributed by atoms with van der Waals surface area (Å²) < 4.78 is 8.00. The Morgan fingerprint density at radius 3 is 2.76 bits per heavy atom. The molecule has 0 saturated carbocycles. The van der Waals surface area contributed by atoms with E-state index < -0.39 is 0 Å². The fraction of sp³-hybridized carbons (Fsp3) is 0.312. The first kappa shape index (κ1) is 15.8. The molecule has 1 N–H and O–H groups in total. The lowest BCUT2D eigenvalue weighted by Gasteiger charge is -2.14.